The smallest absolute Gasteiger partial charge is 0.340 e. The number of ketones is 1. The van der Waals surface area contributed by atoms with Crippen molar-refractivity contribution in [2.75, 3.05) is 20.3 Å². The molecular formula is C21H25NO5. The highest BCUT2D eigenvalue weighted by molar-refractivity contribution is 6.02. The number of benzene rings is 1. The van der Waals surface area contributed by atoms with Gasteiger partial charge in [-0.2, -0.15) is 0 Å². The van der Waals surface area contributed by atoms with E-state index < -0.39 is 5.97 Å². The van der Waals surface area contributed by atoms with Gasteiger partial charge in [0.2, 0.25) is 5.78 Å². The van der Waals surface area contributed by atoms with E-state index >= 15 is 0 Å². The highest BCUT2D eigenvalue weighted by Crippen LogP contribution is 2.29. The number of H-pyrrole nitrogens is 1. The van der Waals surface area contributed by atoms with Gasteiger partial charge >= 0.3 is 5.97 Å². The maximum atomic E-state index is 12.6. The normalized spacial score (nSPS) is 10.9. The molecule has 2 rings (SSSR count). The first-order valence-corrected chi connectivity index (χ1v) is 8.75. The van der Waals surface area contributed by atoms with Crippen LogP contribution in [-0.2, 0) is 4.74 Å². The largest absolute Gasteiger partial charge is 0.493 e. The molecule has 6 nitrogen and oxygen atoms in total. The molecule has 1 aromatic heterocycles. The summed E-state index contributed by atoms with van der Waals surface area (Å²) in [6.45, 7) is 7.22. The highest BCUT2D eigenvalue weighted by Gasteiger charge is 2.23. The molecule has 0 spiro atoms. The van der Waals surface area contributed by atoms with E-state index in [9.17, 15) is 9.59 Å². The van der Waals surface area contributed by atoms with E-state index in [0.29, 0.717) is 34.0 Å². The Morgan fingerprint density at radius 3 is 2.56 bits per heavy atom. The van der Waals surface area contributed by atoms with E-state index in [0.717, 1.165) is 5.56 Å². The van der Waals surface area contributed by atoms with Gasteiger partial charge in [-0.1, -0.05) is 18.2 Å². The van der Waals surface area contributed by atoms with Gasteiger partial charge in [-0.25, -0.2) is 4.79 Å². The van der Waals surface area contributed by atoms with Crippen LogP contribution in [0.1, 0.15) is 51.5 Å². The summed E-state index contributed by atoms with van der Waals surface area (Å²) in [5.41, 5.74) is 2.88. The molecule has 0 radical (unpaired) electrons. The molecule has 0 aliphatic heterocycles. The van der Waals surface area contributed by atoms with E-state index in [1.54, 1.807) is 33.9 Å². The number of ether oxygens (including phenoxy) is 3. The van der Waals surface area contributed by atoms with Crippen molar-refractivity contribution in [3.8, 4) is 11.5 Å². The molecule has 1 aromatic carbocycles. The van der Waals surface area contributed by atoms with E-state index in [1.165, 1.54) is 0 Å². The number of nitrogens with one attached hydrogen (secondary N) is 1. The fourth-order valence-corrected chi connectivity index (χ4v) is 2.85. The van der Waals surface area contributed by atoms with E-state index in [-0.39, 0.29) is 19.0 Å². The lowest BCUT2D eigenvalue weighted by Gasteiger charge is -2.11. The number of aryl methyl sites for hydroxylation is 1. The van der Waals surface area contributed by atoms with Crippen LogP contribution in [0.4, 0.5) is 0 Å². The predicted octanol–water partition coefficient (Wildman–Crippen LogP) is 4.11. The summed E-state index contributed by atoms with van der Waals surface area (Å²) in [6, 6.07) is 5.48. The minimum absolute atomic E-state index is 0.178. The summed E-state index contributed by atoms with van der Waals surface area (Å²) in [5, 5.41) is 0. The number of carbonyl (C=O) groups is 2. The number of aromatic nitrogens is 1. The second-order valence-corrected chi connectivity index (χ2v) is 5.97. The number of carbonyl (C=O) groups excluding carboxylic acids is 2. The lowest BCUT2D eigenvalue weighted by Crippen LogP contribution is -2.14. The molecule has 1 N–H and O–H groups in total. The Morgan fingerprint density at radius 1 is 1.19 bits per heavy atom. The number of esters is 1. The molecule has 144 valence electrons. The molecule has 0 aliphatic carbocycles. The van der Waals surface area contributed by atoms with Gasteiger partial charge in [-0.05, 0) is 51.0 Å². The minimum atomic E-state index is -0.440. The molecule has 0 unspecified atom stereocenters. The van der Waals surface area contributed by atoms with Crippen molar-refractivity contribution < 1.29 is 23.8 Å². The fourth-order valence-electron chi connectivity index (χ4n) is 2.85. The molecule has 0 bridgehead atoms. The minimum Gasteiger partial charge on any atom is -0.493 e. The summed E-state index contributed by atoms with van der Waals surface area (Å²) >= 11 is 0. The summed E-state index contributed by atoms with van der Waals surface area (Å²) in [7, 11) is 1.55. The van der Waals surface area contributed by atoms with Crippen LogP contribution in [0.3, 0.4) is 0 Å². The van der Waals surface area contributed by atoms with Crippen LogP contribution in [-0.4, -0.2) is 37.1 Å². The summed E-state index contributed by atoms with van der Waals surface area (Å²) < 4.78 is 16.0. The molecule has 27 heavy (non-hydrogen) atoms. The molecule has 1 heterocycles. The van der Waals surface area contributed by atoms with Crippen molar-refractivity contribution in [2.24, 2.45) is 0 Å². The average Bonchev–Trinajstić information content (AvgIpc) is 2.95. The molecule has 6 heteroatoms. The molecule has 0 fully saturated rings. The summed E-state index contributed by atoms with van der Waals surface area (Å²) in [5.74, 6) is 0.325. The van der Waals surface area contributed by atoms with Gasteiger partial charge in [-0.3, -0.25) is 4.79 Å². The number of methoxy groups -OCH3 is 1. The number of hydrogen-bond donors (Lipinski definition) is 1. The van der Waals surface area contributed by atoms with Gasteiger partial charge < -0.3 is 19.2 Å². The summed E-state index contributed by atoms with van der Waals surface area (Å²) in [4.78, 5) is 27.6. The first-order valence-electron chi connectivity index (χ1n) is 8.75. The fraction of sp³-hybridized carbons (Fsp3) is 0.333. The topological polar surface area (TPSA) is 77.6 Å². The van der Waals surface area contributed by atoms with Gasteiger partial charge in [0.15, 0.2) is 18.1 Å². The summed E-state index contributed by atoms with van der Waals surface area (Å²) in [6.07, 6.45) is 3.87. The Morgan fingerprint density at radius 2 is 1.93 bits per heavy atom. The molecule has 0 amide bonds. The molecule has 0 saturated heterocycles. The second kappa shape index (κ2) is 9.07. The maximum absolute atomic E-state index is 12.6. The zero-order chi connectivity index (χ0) is 20.0. The number of aromatic amines is 1. The SMILES string of the molecule is C/C=C/c1ccc(OCC(=O)c2[nH]c(C)c(C(=O)OCC)c2C)c(OC)c1. The van der Waals surface area contributed by atoms with Crippen LogP contribution in [0, 0.1) is 13.8 Å². The highest BCUT2D eigenvalue weighted by atomic mass is 16.5. The van der Waals surface area contributed by atoms with Crippen LogP contribution in [0.15, 0.2) is 24.3 Å². The van der Waals surface area contributed by atoms with Crippen LogP contribution in [0.2, 0.25) is 0 Å². The van der Waals surface area contributed by atoms with Gasteiger partial charge in [0, 0.05) is 5.69 Å². The van der Waals surface area contributed by atoms with Crippen molar-refractivity contribution in [1.82, 2.24) is 4.98 Å². The zero-order valence-corrected chi connectivity index (χ0v) is 16.3. The van der Waals surface area contributed by atoms with Crippen LogP contribution in [0.5, 0.6) is 11.5 Å². The lowest BCUT2D eigenvalue weighted by atomic mass is 10.1. The van der Waals surface area contributed by atoms with Crippen molar-refractivity contribution in [3.63, 3.8) is 0 Å². The Bertz CT molecular complexity index is 864. The van der Waals surface area contributed by atoms with Gasteiger partial charge in [0.05, 0.1) is 25.0 Å². The Balaban J connectivity index is 2.17. The third-order valence-electron chi connectivity index (χ3n) is 4.10. The van der Waals surface area contributed by atoms with Crippen LogP contribution >= 0.6 is 0 Å². The quantitative estimate of drug-likeness (QED) is 0.558. The second-order valence-electron chi connectivity index (χ2n) is 5.97. The zero-order valence-electron chi connectivity index (χ0n) is 16.3. The maximum Gasteiger partial charge on any atom is 0.340 e. The van der Waals surface area contributed by atoms with Gasteiger partial charge in [0.25, 0.3) is 0 Å². The molecule has 0 saturated carbocycles. The molecule has 0 aliphatic rings. The monoisotopic (exact) mass is 371 g/mol. The Kier molecular flexibility index (Phi) is 6.82. The number of rotatable bonds is 8. The third-order valence-corrected chi connectivity index (χ3v) is 4.10. The molecular weight excluding hydrogens is 346 g/mol. The van der Waals surface area contributed by atoms with Crippen molar-refractivity contribution in [2.45, 2.75) is 27.7 Å². The predicted molar refractivity (Wildman–Crippen MR) is 104 cm³/mol. The van der Waals surface area contributed by atoms with E-state index in [4.69, 9.17) is 14.2 Å². The Hall–Kier alpha value is -3.02. The van der Waals surface area contributed by atoms with Gasteiger partial charge in [0.1, 0.15) is 0 Å². The number of Topliss-reactive ketones (excluding diaryl/α,β-unsaturated/α-hetero) is 1. The van der Waals surface area contributed by atoms with Crippen molar-refractivity contribution in [3.05, 3.63) is 52.4 Å². The first-order chi connectivity index (χ1) is 12.9. The average molecular weight is 371 g/mol. The van der Waals surface area contributed by atoms with E-state index in [2.05, 4.69) is 4.98 Å². The number of allylic oxidation sites excluding steroid dienone is 1. The van der Waals surface area contributed by atoms with Crippen molar-refractivity contribution >= 4 is 17.8 Å². The molecule has 2 aromatic rings. The Labute approximate surface area is 159 Å². The van der Waals surface area contributed by atoms with Crippen LogP contribution < -0.4 is 9.47 Å². The lowest BCUT2D eigenvalue weighted by molar-refractivity contribution is 0.0525. The van der Waals surface area contributed by atoms with Crippen molar-refractivity contribution in [1.29, 1.82) is 0 Å². The first kappa shape index (κ1) is 20.3. The van der Waals surface area contributed by atoms with E-state index in [1.807, 2.05) is 31.2 Å². The molecule has 0 atom stereocenters. The van der Waals surface area contributed by atoms with Gasteiger partial charge in [-0.15, -0.1) is 0 Å². The third kappa shape index (κ3) is 4.58. The standard InChI is InChI=1S/C21H25NO5/c1-6-8-15-9-10-17(18(11-15)25-5)27-12-16(23)20-13(3)19(14(4)22-20)21(24)26-7-2/h6,8-11,22H,7,12H2,1-5H3/b8-6+. The van der Waals surface area contributed by atoms with Crippen LogP contribution in [0.25, 0.3) is 6.08 Å². The number of hydrogen-bond acceptors (Lipinski definition) is 5.